The summed E-state index contributed by atoms with van der Waals surface area (Å²) in [6, 6.07) is 5.82. The van der Waals surface area contributed by atoms with Gasteiger partial charge in [-0.15, -0.1) is 11.3 Å². The number of rotatable bonds is 3. The molecule has 0 unspecified atom stereocenters. The number of hydrogen-bond acceptors (Lipinski definition) is 6. The zero-order chi connectivity index (χ0) is 17.4. The Labute approximate surface area is 150 Å². The fourth-order valence-corrected chi connectivity index (χ4v) is 4.41. The van der Waals surface area contributed by atoms with Gasteiger partial charge in [-0.2, -0.15) is 0 Å². The lowest BCUT2D eigenvalue weighted by Crippen LogP contribution is -2.51. The number of likely N-dealkylation sites (tertiary alicyclic amines) is 1. The molecular weight excluding hydrogens is 338 g/mol. The second-order valence-corrected chi connectivity index (χ2v) is 7.55. The van der Waals surface area contributed by atoms with Crippen molar-refractivity contribution >= 4 is 17.2 Å². The Morgan fingerprint density at radius 2 is 2.24 bits per heavy atom. The second kappa shape index (κ2) is 6.65. The first-order chi connectivity index (χ1) is 12.2. The molecule has 3 heterocycles. The predicted molar refractivity (Wildman–Crippen MR) is 95.9 cm³/mol. The van der Waals surface area contributed by atoms with Crippen LogP contribution in [0.5, 0.6) is 11.5 Å². The zero-order valence-corrected chi connectivity index (χ0v) is 14.9. The highest BCUT2D eigenvalue weighted by molar-refractivity contribution is 7.16. The van der Waals surface area contributed by atoms with Gasteiger partial charge in [0.2, 0.25) is 6.79 Å². The number of hydrogen-bond donors (Lipinski definition) is 1. The molecule has 1 saturated heterocycles. The minimum absolute atomic E-state index is 0.0338. The van der Waals surface area contributed by atoms with Crippen LogP contribution in [0.2, 0.25) is 0 Å². The van der Waals surface area contributed by atoms with Gasteiger partial charge in [0, 0.05) is 24.7 Å². The molecule has 0 aliphatic carbocycles. The van der Waals surface area contributed by atoms with Crippen molar-refractivity contribution < 1.29 is 14.3 Å². The molecule has 1 fully saturated rings. The Bertz CT molecular complexity index is 792. The van der Waals surface area contributed by atoms with E-state index in [4.69, 9.17) is 15.2 Å². The van der Waals surface area contributed by atoms with Gasteiger partial charge in [0.05, 0.1) is 6.20 Å². The summed E-state index contributed by atoms with van der Waals surface area (Å²) in [4.78, 5) is 20.0. The molecule has 1 aromatic heterocycles. The molecule has 7 heteroatoms. The molecule has 4 rings (SSSR count). The lowest BCUT2D eigenvalue weighted by Gasteiger charge is -2.39. The Hall–Kier alpha value is -2.12. The maximum absolute atomic E-state index is 12.9. The van der Waals surface area contributed by atoms with Crippen LogP contribution >= 0.6 is 11.3 Å². The third kappa shape index (κ3) is 2.98. The van der Waals surface area contributed by atoms with Gasteiger partial charge in [-0.3, -0.25) is 4.79 Å². The SMILES string of the molecule is C[C@H]1CCCN(C(=O)c2cnc(-c3ccc4c(c3)OCO4)s2)[C@@H]1CN. The summed E-state index contributed by atoms with van der Waals surface area (Å²) in [6.07, 6.45) is 3.81. The number of carbonyl (C=O) groups is 1. The largest absolute Gasteiger partial charge is 0.454 e. The zero-order valence-electron chi connectivity index (χ0n) is 14.1. The number of nitrogens with two attached hydrogens (primary N) is 1. The van der Waals surface area contributed by atoms with Crippen LogP contribution in [0.1, 0.15) is 29.4 Å². The maximum Gasteiger partial charge on any atom is 0.265 e. The molecule has 0 bridgehead atoms. The van der Waals surface area contributed by atoms with Crippen LogP contribution in [0.15, 0.2) is 24.4 Å². The van der Waals surface area contributed by atoms with Gasteiger partial charge in [-0.1, -0.05) is 6.92 Å². The van der Waals surface area contributed by atoms with Gasteiger partial charge in [0.25, 0.3) is 5.91 Å². The van der Waals surface area contributed by atoms with Crippen LogP contribution in [-0.4, -0.2) is 41.7 Å². The van der Waals surface area contributed by atoms with Crippen molar-refractivity contribution in [3.8, 4) is 22.1 Å². The molecule has 132 valence electrons. The highest BCUT2D eigenvalue weighted by atomic mass is 32.1. The molecule has 2 aliphatic rings. The second-order valence-electron chi connectivity index (χ2n) is 6.52. The molecule has 2 aromatic rings. The maximum atomic E-state index is 12.9. The quantitative estimate of drug-likeness (QED) is 0.912. The Balaban J connectivity index is 1.57. The molecule has 1 amide bonds. The number of ether oxygens (including phenoxy) is 2. The number of piperidine rings is 1. The summed E-state index contributed by atoms with van der Waals surface area (Å²) in [5.41, 5.74) is 6.84. The molecule has 2 aliphatic heterocycles. The van der Waals surface area contributed by atoms with Crippen molar-refractivity contribution in [2.24, 2.45) is 11.7 Å². The third-order valence-electron chi connectivity index (χ3n) is 4.95. The summed E-state index contributed by atoms with van der Waals surface area (Å²) in [5.74, 6) is 1.92. The van der Waals surface area contributed by atoms with E-state index in [9.17, 15) is 4.79 Å². The van der Waals surface area contributed by atoms with Gasteiger partial charge in [-0.05, 0) is 37.0 Å². The molecule has 2 N–H and O–H groups in total. The Kier molecular flexibility index (Phi) is 4.35. The van der Waals surface area contributed by atoms with E-state index in [1.165, 1.54) is 11.3 Å². The van der Waals surface area contributed by atoms with Crippen LogP contribution < -0.4 is 15.2 Å². The average molecular weight is 359 g/mol. The van der Waals surface area contributed by atoms with Gasteiger partial charge in [-0.25, -0.2) is 4.98 Å². The molecule has 0 radical (unpaired) electrons. The topological polar surface area (TPSA) is 77.7 Å². The number of benzene rings is 1. The molecule has 1 aromatic carbocycles. The normalized spacial score (nSPS) is 22.2. The van der Waals surface area contributed by atoms with E-state index in [-0.39, 0.29) is 18.7 Å². The summed E-state index contributed by atoms with van der Waals surface area (Å²) in [5, 5.41) is 0.802. The molecule has 25 heavy (non-hydrogen) atoms. The van der Waals surface area contributed by atoms with Gasteiger partial charge < -0.3 is 20.1 Å². The fourth-order valence-electron chi connectivity index (χ4n) is 3.54. The first-order valence-electron chi connectivity index (χ1n) is 8.54. The van der Waals surface area contributed by atoms with E-state index < -0.39 is 0 Å². The van der Waals surface area contributed by atoms with Crippen molar-refractivity contribution in [3.63, 3.8) is 0 Å². The van der Waals surface area contributed by atoms with Crippen molar-refractivity contribution in [2.75, 3.05) is 19.9 Å². The smallest absolute Gasteiger partial charge is 0.265 e. The van der Waals surface area contributed by atoms with Crippen molar-refractivity contribution in [3.05, 3.63) is 29.3 Å². The Morgan fingerprint density at radius 3 is 3.08 bits per heavy atom. The molecule has 6 nitrogen and oxygen atoms in total. The minimum Gasteiger partial charge on any atom is -0.454 e. The number of thiazole rings is 1. The van der Waals surface area contributed by atoms with E-state index in [2.05, 4.69) is 11.9 Å². The van der Waals surface area contributed by atoms with Crippen molar-refractivity contribution in [2.45, 2.75) is 25.8 Å². The van der Waals surface area contributed by atoms with Gasteiger partial charge in [0.15, 0.2) is 11.5 Å². The molecular formula is C18H21N3O3S. The lowest BCUT2D eigenvalue weighted by molar-refractivity contribution is 0.0537. The monoisotopic (exact) mass is 359 g/mol. The fraction of sp³-hybridized carbons (Fsp3) is 0.444. The van der Waals surface area contributed by atoms with E-state index >= 15 is 0 Å². The predicted octanol–water partition coefficient (Wildman–Crippen LogP) is 2.74. The van der Waals surface area contributed by atoms with Crippen LogP contribution in [0.4, 0.5) is 0 Å². The number of amides is 1. The van der Waals surface area contributed by atoms with E-state index in [1.54, 1.807) is 6.20 Å². The van der Waals surface area contributed by atoms with Crippen LogP contribution in [0.25, 0.3) is 10.6 Å². The summed E-state index contributed by atoms with van der Waals surface area (Å²) >= 11 is 1.41. The Morgan fingerprint density at radius 1 is 1.40 bits per heavy atom. The molecule has 0 saturated carbocycles. The third-order valence-corrected chi connectivity index (χ3v) is 5.99. The van der Waals surface area contributed by atoms with E-state index in [0.29, 0.717) is 23.1 Å². The standard InChI is InChI=1S/C18H21N3O3S/c1-11-3-2-6-21(13(11)8-19)18(22)16-9-20-17(25-16)12-4-5-14-15(7-12)24-10-23-14/h4-5,7,9,11,13H,2-3,6,8,10,19H2,1H3/t11-,13+/m0/s1. The number of aromatic nitrogens is 1. The van der Waals surface area contributed by atoms with Gasteiger partial charge >= 0.3 is 0 Å². The molecule has 0 spiro atoms. The van der Waals surface area contributed by atoms with Crippen LogP contribution in [-0.2, 0) is 0 Å². The van der Waals surface area contributed by atoms with Crippen molar-refractivity contribution in [1.82, 2.24) is 9.88 Å². The summed E-state index contributed by atoms with van der Waals surface area (Å²) in [6.45, 7) is 3.68. The molecule has 2 atom stereocenters. The van der Waals surface area contributed by atoms with Gasteiger partial charge in [0.1, 0.15) is 9.88 Å². The number of nitrogens with zero attached hydrogens (tertiary/aromatic N) is 2. The van der Waals surface area contributed by atoms with E-state index in [0.717, 1.165) is 35.7 Å². The summed E-state index contributed by atoms with van der Waals surface area (Å²) < 4.78 is 10.8. The lowest BCUT2D eigenvalue weighted by atomic mass is 9.90. The number of fused-ring (bicyclic) bond motifs is 1. The van der Waals surface area contributed by atoms with Crippen LogP contribution in [0, 0.1) is 5.92 Å². The average Bonchev–Trinajstić information content (AvgIpc) is 3.29. The van der Waals surface area contributed by atoms with E-state index in [1.807, 2.05) is 23.1 Å². The van der Waals surface area contributed by atoms with Crippen molar-refractivity contribution in [1.29, 1.82) is 0 Å². The highest BCUT2D eigenvalue weighted by Gasteiger charge is 2.32. The van der Waals surface area contributed by atoms with Crippen LogP contribution in [0.3, 0.4) is 0 Å². The first kappa shape index (κ1) is 16.4. The number of carbonyl (C=O) groups excluding carboxylic acids is 1. The first-order valence-corrected chi connectivity index (χ1v) is 9.36. The summed E-state index contributed by atoms with van der Waals surface area (Å²) in [7, 11) is 0. The highest BCUT2D eigenvalue weighted by Crippen LogP contribution is 2.37. The minimum atomic E-state index is 0.0338.